The standard InChI is InChI=1S/C10H15N3O/c1-7-3-4-12-5-9(7)6-13-10(14)8(2)11/h3-5,8H,6,11H2,1-2H3,(H,13,14)/t8-/m0/s1. The van der Waals surface area contributed by atoms with Gasteiger partial charge in [0.2, 0.25) is 5.91 Å². The minimum absolute atomic E-state index is 0.145. The number of hydrogen-bond acceptors (Lipinski definition) is 3. The van der Waals surface area contributed by atoms with E-state index in [4.69, 9.17) is 5.73 Å². The molecule has 1 atom stereocenters. The number of nitrogens with zero attached hydrogens (tertiary/aromatic N) is 1. The van der Waals surface area contributed by atoms with Gasteiger partial charge in [0, 0.05) is 18.9 Å². The van der Waals surface area contributed by atoms with Gasteiger partial charge in [0.15, 0.2) is 0 Å². The smallest absolute Gasteiger partial charge is 0.236 e. The van der Waals surface area contributed by atoms with Gasteiger partial charge in [-0.2, -0.15) is 0 Å². The quantitative estimate of drug-likeness (QED) is 0.728. The number of amides is 1. The van der Waals surface area contributed by atoms with Crippen LogP contribution in [0, 0.1) is 6.92 Å². The number of carbonyl (C=O) groups excluding carboxylic acids is 1. The Morgan fingerprint density at radius 2 is 2.43 bits per heavy atom. The van der Waals surface area contributed by atoms with Gasteiger partial charge in [0.05, 0.1) is 6.04 Å². The highest BCUT2D eigenvalue weighted by Gasteiger charge is 2.06. The summed E-state index contributed by atoms with van der Waals surface area (Å²) in [6.45, 7) is 4.13. The molecule has 14 heavy (non-hydrogen) atoms. The van der Waals surface area contributed by atoms with Crippen molar-refractivity contribution in [1.82, 2.24) is 10.3 Å². The molecule has 3 N–H and O–H groups in total. The molecule has 0 saturated carbocycles. The molecule has 1 aromatic rings. The summed E-state index contributed by atoms with van der Waals surface area (Å²) in [6.07, 6.45) is 3.48. The van der Waals surface area contributed by atoms with E-state index < -0.39 is 6.04 Å². The lowest BCUT2D eigenvalue weighted by Gasteiger charge is -2.08. The molecular formula is C10H15N3O. The van der Waals surface area contributed by atoms with E-state index in [0.29, 0.717) is 6.54 Å². The first-order valence-corrected chi connectivity index (χ1v) is 4.54. The summed E-state index contributed by atoms with van der Waals surface area (Å²) in [6, 6.07) is 1.44. The van der Waals surface area contributed by atoms with Crippen LogP contribution in [-0.2, 0) is 11.3 Å². The SMILES string of the molecule is Cc1ccncc1CNC(=O)[C@H](C)N. The normalized spacial score (nSPS) is 12.2. The lowest BCUT2D eigenvalue weighted by Crippen LogP contribution is -2.37. The number of hydrogen-bond donors (Lipinski definition) is 2. The molecule has 0 fully saturated rings. The molecule has 0 aliphatic rings. The van der Waals surface area contributed by atoms with Gasteiger partial charge >= 0.3 is 0 Å². The number of rotatable bonds is 3. The second kappa shape index (κ2) is 4.72. The van der Waals surface area contributed by atoms with Crippen molar-refractivity contribution in [3.63, 3.8) is 0 Å². The van der Waals surface area contributed by atoms with Crippen molar-refractivity contribution in [1.29, 1.82) is 0 Å². The van der Waals surface area contributed by atoms with E-state index in [0.717, 1.165) is 11.1 Å². The van der Waals surface area contributed by atoms with Gasteiger partial charge < -0.3 is 11.1 Å². The molecule has 1 rings (SSSR count). The van der Waals surface area contributed by atoms with E-state index in [1.165, 1.54) is 0 Å². The van der Waals surface area contributed by atoms with E-state index >= 15 is 0 Å². The van der Waals surface area contributed by atoms with Gasteiger partial charge in [-0.3, -0.25) is 9.78 Å². The summed E-state index contributed by atoms with van der Waals surface area (Å²) in [5.74, 6) is -0.145. The molecule has 0 bridgehead atoms. The van der Waals surface area contributed by atoms with Crippen molar-refractivity contribution in [3.8, 4) is 0 Å². The van der Waals surface area contributed by atoms with E-state index in [9.17, 15) is 4.79 Å². The third-order valence-corrected chi connectivity index (χ3v) is 2.01. The highest BCUT2D eigenvalue weighted by atomic mass is 16.2. The van der Waals surface area contributed by atoms with Crippen molar-refractivity contribution in [2.75, 3.05) is 0 Å². The van der Waals surface area contributed by atoms with Crippen LogP contribution in [-0.4, -0.2) is 16.9 Å². The molecular weight excluding hydrogens is 178 g/mol. The van der Waals surface area contributed by atoms with Crippen molar-refractivity contribution >= 4 is 5.91 Å². The van der Waals surface area contributed by atoms with Crippen LogP contribution in [0.3, 0.4) is 0 Å². The molecule has 1 amide bonds. The summed E-state index contributed by atoms with van der Waals surface area (Å²) >= 11 is 0. The van der Waals surface area contributed by atoms with Gasteiger partial charge in [-0.1, -0.05) is 0 Å². The maximum Gasteiger partial charge on any atom is 0.236 e. The van der Waals surface area contributed by atoms with Crippen LogP contribution in [0.25, 0.3) is 0 Å². The maximum absolute atomic E-state index is 11.2. The second-order valence-corrected chi connectivity index (χ2v) is 3.31. The van der Waals surface area contributed by atoms with E-state index in [1.807, 2.05) is 13.0 Å². The first-order chi connectivity index (χ1) is 6.61. The maximum atomic E-state index is 11.2. The van der Waals surface area contributed by atoms with Crippen LogP contribution in [0.5, 0.6) is 0 Å². The zero-order valence-corrected chi connectivity index (χ0v) is 8.45. The first kappa shape index (κ1) is 10.7. The van der Waals surface area contributed by atoms with Crippen molar-refractivity contribution in [2.45, 2.75) is 26.4 Å². The number of carbonyl (C=O) groups is 1. The Labute approximate surface area is 83.5 Å². The molecule has 0 aromatic carbocycles. The lowest BCUT2D eigenvalue weighted by atomic mass is 10.1. The highest BCUT2D eigenvalue weighted by molar-refractivity contribution is 5.80. The number of nitrogens with two attached hydrogens (primary N) is 1. The topological polar surface area (TPSA) is 68.0 Å². The van der Waals surface area contributed by atoms with Crippen LogP contribution < -0.4 is 11.1 Å². The molecule has 76 valence electrons. The fourth-order valence-electron chi connectivity index (χ4n) is 1.03. The predicted molar refractivity (Wildman–Crippen MR) is 54.5 cm³/mol. The summed E-state index contributed by atoms with van der Waals surface area (Å²) in [7, 11) is 0. The van der Waals surface area contributed by atoms with Crippen LogP contribution in [0.15, 0.2) is 18.5 Å². The fraction of sp³-hybridized carbons (Fsp3) is 0.400. The Bertz CT molecular complexity index is 323. The average Bonchev–Trinajstić information content (AvgIpc) is 2.16. The molecule has 0 aliphatic heterocycles. The van der Waals surface area contributed by atoms with Crippen molar-refractivity contribution < 1.29 is 4.79 Å². The van der Waals surface area contributed by atoms with Gasteiger partial charge in [-0.05, 0) is 31.0 Å². The van der Waals surface area contributed by atoms with Crippen LogP contribution in [0.1, 0.15) is 18.1 Å². The monoisotopic (exact) mass is 193 g/mol. The fourth-order valence-corrected chi connectivity index (χ4v) is 1.03. The third kappa shape index (κ3) is 2.81. The van der Waals surface area contributed by atoms with Gasteiger partial charge in [0.25, 0.3) is 0 Å². The van der Waals surface area contributed by atoms with Crippen LogP contribution in [0.4, 0.5) is 0 Å². The Hall–Kier alpha value is -1.42. The number of pyridine rings is 1. The largest absolute Gasteiger partial charge is 0.351 e. The molecule has 0 saturated heterocycles. The van der Waals surface area contributed by atoms with Crippen molar-refractivity contribution in [3.05, 3.63) is 29.6 Å². The lowest BCUT2D eigenvalue weighted by molar-refractivity contribution is -0.122. The Balaban J connectivity index is 2.54. The molecule has 0 spiro atoms. The Morgan fingerprint density at radius 3 is 3.00 bits per heavy atom. The predicted octanol–water partition coefficient (Wildman–Crippen LogP) is 0.353. The molecule has 0 radical (unpaired) electrons. The number of nitrogens with one attached hydrogen (secondary N) is 1. The number of aromatic nitrogens is 1. The molecule has 1 aromatic heterocycles. The average molecular weight is 193 g/mol. The molecule has 0 unspecified atom stereocenters. The molecule has 4 nitrogen and oxygen atoms in total. The Morgan fingerprint density at radius 1 is 1.71 bits per heavy atom. The highest BCUT2D eigenvalue weighted by Crippen LogP contribution is 2.03. The zero-order chi connectivity index (χ0) is 10.6. The van der Waals surface area contributed by atoms with Gasteiger partial charge in [-0.15, -0.1) is 0 Å². The van der Waals surface area contributed by atoms with Crippen LogP contribution >= 0.6 is 0 Å². The molecule has 0 aliphatic carbocycles. The van der Waals surface area contributed by atoms with Gasteiger partial charge in [-0.25, -0.2) is 0 Å². The minimum atomic E-state index is -0.466. The zero-order valence-electron chi connectivity index (χ0n) is 8.45. The van der Waals surface area contributed by atoms with E-state index in [1.54, 1.807) is 19.3 Å². The van der Waals surface area contributed by atoms with E-state index in [2.05, 4.69) is 10.3 Å². The number of aryl methyl sites for hydroxylation is 1. The summed E-state index contributed by atoms with van der Waals surface area (Å²) < 4.78 is 0. The summed E-state index contributed by atoms with van der Waals surface area (Å²) in [5.41, 5.74) is 7.54. The van der Waals surface area contributed by atoms with Crippen LogP contribution in [0.2, 0.25) is 0 Å². The minimum Gasteiger partial charge on any atom is -0.351 e. The Kier molecular flexibility index (Phi) is 3.59. The van der Waals surface area contributed by atoms with Crippen molar-refractivity contribution in [2.24, 2.45) is 5.73 Å². The van der Waals surface area contributed by atoms with Gasteiger partial charge in [0.1, 0.15) is 0 Å². The first-order valence-electron chi connectivity index (χ1n) is 4.54. The second-order valence-electron chi connectivity index (χ2n) is 3.31. The third-order valence-electron chi connectivity index (χ3n) is 2.01. The molecule has 4 heteroatoms. The summed E-state index contributed by atoms with van der Waals surface area (Å²) in [5, 5.41) is 2.74. The summed E-state index contributed by atoms with van der Waals surface area (Å²) in [4.78, 5) is 15.2. The molecule has 1 heterocycles. The van der Waals surface area contributed by atoms with E-state index in [-0.39, 0.29) is 5.91 Å².